The van der Waals surface area contributed by atoms with Crippen molar-refractivity contribution >= 4 is 29.9 Å². The topological polar surface area (TPSA) is 76.4 Å². The van der Waals surface area contributed by atoms with Crippen molar-refractivity contribution in [2.24, 2.45) is 4.99 Å². The molecule has 1 fully saturated rings. The lowest BCUT2D eigenvalue weighted by atomic mass is 9.79. The van der Waals surface area contributed by atoms with Gasteiger partial charge in [0.1, 0.15) is 12.4 Å². The highest BCUT2D eigenvalue weighted by molar-refractivity contribution is 14.0. The van der Waals surface area contributed by atoms with Crippen molar-refractivity contribution in [1.29, 1.82) is 0 Å². The van der Waals surface area contributed by atoms with E-state index in [0.29, 0.717) is 12.6 Å². The van der Waals surface area contributed by atoms with Crippen LogP contribution in [0.5, 0.6) is 0 Å². The van der Waals surface area contributed by atoms with E-state index in [4.69, 9.17) is 4.74 Å². The highest BCUT2D eigenvalue weighted by Gasteiger charge is 2.35. The average molecular weight is 524 g/mol. The molecule has 8 heteroatoms. The third-order valence-electron chi connectivity index (χ3n) is 6.28. The zero-order valence-corrected chi connectivity index (χ0v) is 20.3. The fraction of sp³-hybridized carbons (Fsp3) is 0.591. The summed E-state index contributed by atoms with van der Waals surface area (Å²) < 4.78 is 7.16. The van der Waals surface area contributed by atoms with Crippen LogP contribution in [0.1, 0.15) is 49.3 Å². The normalized spacial score (nSPS) is 20.3. The Kier molecular flexibility index (Phi) is 8.10. The second kappa shape index (κ2) is 10.6. The summed E-state index contributed by atoms with van der Waals surface area (Å²) in [5.74, 6) is 2.68. The molecule has 1 saturated carbocycles. The van der Waals surface area contributed by atoms with Gasteiger partial charge in [0.2, 0.25) is 0 Å². The molecule has 2 aliphatic rings. The van der Waals surface area contributed by atoms with E-state index in [1.165, 1.54) is 31.2 Å². The Balaban J connectivity index is 0.00000256. The molecule has 2 N–H and O–H groups in total. The third kappa shape index (κ3) is 5.14. The molecule has 4 rings (SSSR count). The third-order valence-corrected chi connectivity index (χ3v) is 6.28. The standard InChI is InChI=1S/C22H32N6O.HI/c1-23-21(24-16-22(12-6-7-13-22)17-8-4-3-5-9-17)25-18-10-11-20-26-19(15-29-2)27-28(20)14-18;/h3-5,8-9,18H,6-7,10-16H2,1-2H3,(H2,23,24,25);1H. The summed E-state index contributed by atoms with van der Waals surface area (Å²) in [7, 11) is 3.52. The van der Waals surface area contributed by atoms with Crippen LogP contribution in [0.15, 0.2) is 35.3 Å². The quantitative estimate of drug-likeness (QED) is 0.345. The van der Waals surface area contributed by atoms with E-state index in [-0.39, 0.29) is 29.4 Å². The number of aromatic nitrogens is 3. The monoisotopic (exact) mass is 524 g/mol. The Morgan fingerprint density at radius 3 is 2.73 bits per heavy atom. The van der Waals surface area contributed by atoms with Crippen LogP contribution < -0.4 is 10.6 Å². The second-order valence-corrected chi connectivity index (χ2v) is 8.22. The number of rotatable bonds is 6. The zero-order valence-electron chi connectivity index (χ0n) is 17.9. The van der Waals surface area contributed by atoms with Gasteiger partial charge < -0.3 is 15.4 Å². The maximum absolute atomic E-state index is 5.16. The number of halogens is 1. The lowest BCUT2D eigenvalue weighted by molar-refractivity contribution is 0.177. The number of guanidine groups is 1. The maximum atomic E-state index is 5.16. The number of benzene rings is 1. The Hall–Kier alpha value is -1.68. The molecule has 0 saturated heterocycles. The zero-order chi connectivity index (χ0) is 20.1. The SMILES string of the molecule is CN=C(NCC1(c2ccccc2)CCCC1)NC1CCc2nc(COC)nn2C1.I. The van der Waals surface area contributed by atoms with Crippen molar-refractivity contribution < 1.29 is 4.74 Å². The molecule has 1 atom stereocenters. The number of aliphatic imine (C=N–C) groups is 1. The molecule has 0 amide bonds. The fourth-order valence-corrected chi connectivity index (χ4v) is 4.72. The largest absolute Gasteiger partial charge is 0.377 e. The van der Waals surface area contributed by atoms with Gasteiger partial charge in [-0.3, -0.25) is 4.99 Å². The first kappa shape index (κ1) is 23.0. The van der Waals surface area contributed by atoms with Gasteiger partial charge in [0.05, 0.1) is 6.54 Å². The summed E-state index contributed by atoms with van der Waals surface area (Å²) in [5, 5.41) is 11.8. The van der Waals surface area contributed by atoms with E-state index in [1.807, 2.05) is 11.7 Å². The predicted octanol–water partition coefficient (Wildman–Crippen LogP) is 3.03. The predicted molar refractivity (Wildman–Crippen MR) is 129 cm³/mol. The molecule has 1 aliphatic carbocycles. The van der Waals surface area contributed by atoms with Gasteiger partial charge in [-0.05, 0) is 24.8 Å². The van der Waals surface area contributed by atoms with Crippen LogP contribution in [0.2, 0.25) is 0 Å². The molecule has 1 aromatic carbocycles. The molecular formula is C22H33IN6O. The smallest absolute Gasteiger partial charge is 0.191 e. The molecule has 1 unspecified atom stereocenters. The van der Waals surface area contributed by atoms with Crippen LogP contribution in [0.3, 0.4) is 0 Å². The molecule has 0 spiro atoms. The van der Waals surface area contributed by atoms with Gasteiger partial charge in [0.15, 0.2) is 11.8 Å². The lowest BCUT2D eigenvalue weighted by Crippen LogP contribution is -2.50. The van der Waals surface area contributed by atoms with Gasteiger partial charge in [0, 0.05) is 38.6 Å². The highest BCUT2D eigenvalue weighted by Crippen LogP contribution is 2.40. The van der Waals surface area contributed by atoms with E-state index in [2.05, 4.69) is 56.0 Å². The van der Waals surface area contributed by atoms with E-state index in [1.54, 1.807) is 7.11 Å². The molecule has 7 nitrogen and oxygen atoms in total. The van der Waals surface area contributed by atoms with Gasteiger partial charge in [-0.2, -0.15) is 5.10 Å². The Labute approximate surface area is 196 Å². The highest BCUT2D eigenvalue weighted by atomic mass is 127. The van der Waals surface area contributed by atoms with E-state index < -0.39 is 0 Å². The summed E-state index contributed by atoms with van der Waals surface area (Å²) in [4.78, 5) is 9.05. The molecule has 0 bridgehead atoms. The van der Waals surface area contributed by atoms with E-state index in [9.17, 15) is 0 Å². The first-order chi connectivity index (χ1) is 14.2. The number of nitrogens with zero attached hydrogens (tertiary/aromatic N) is 4. The summed E-state index contributed by atoms with van der Waals surface area (Å²) in [6.45, 7) is 2.18. The number of methoxy groups -OCH3 is 1. The Bertz CT molecular complexity index is 831. The molecular weight excluding hydrogens is 491 g/mol. The van der Waals surface area contributed by atoms with Crippen LogP contribution in [0, 0.1) is 0 Å². The fourth-order valence-electron chi connectivity index (χ4n) is 4.72. The van der Waals surface area contributed by atoms with Crippen LogP contribution in [0.4, 0.5) is 0 Å². The van der Waals surface area contributed by atoms with Crippen molar-refractivity contribution in [3.63, 3.8) is 0 Å². The minimum Gasteiger partial charge on any atom is -0.377 e. The van der Waals surface area contributed by atoms with Gasteiger partial charge in [0.25, 0.3) is 0 Å². The molecule has 2 aromatic rings. The van der Waals surface area contributed by atoms with Crippen molar-refractivity contribution in [1.82, 2.24) is 25.4 Å². The number of hydrogen-bond acceptors (Lipinski definition) is 4. The van der Waals surface area contributed by atoms with E-state index >= 15 is 0 Å². The number of nitrogens with one attached hydrogen (secondary N) is 2. The average Bonchev–Trinajstić information content (AvgIpc) is 3.39. The molecule has 0 radical (unpaired) electrons. The van der Waals surface area contributed by atoms with Crippen molar-refractivity contribution in [3.05, 3.63) is 47.5 Å². The van der Waals surface area contributed by atoms with Crippen LogP contribution in [-0.4, -0.2) is 47.5 Å². The Morgan fingerprint density at radius 2 is 2.03 bits per heavy atom. The van der Waals surface area contributed by atoms with Crippen molar-refractivity contribution in [2.75, 3.05) is 20.7 Å². The molecule has 1 aromatic heterocycles. The molecule has 30 heavy (non-hydrogen) atoms. The second-order valence-electron chi connectivity index (χ2n) is 8.22. The summed E-state index contributed by atoms with van der Waals surface area (Å²) in [5.41, 5.74) is 1.65. The lowest BCUT2D eigenvalue weighted by Gasteiger charge is -2.32. The minimum absolute atomic E-state index is 0. The number of ether oxygens (including phenoxy) is 1. The summed E-state index contributed by atoms with van der Waals surface area (Å²) >= 11 is 0. The number of aryl methyl sites for hydroxylation is 1. The summed E-state index contributed by atoms with van der Waals surface area (Å²) in [6.07, 6.45) is 6.99. The first-order valence-electron chi connectivity index (χ1n) is 10.7. The minimum atomic E-state index is 0. The molecule has 164 valence electrons. The van der Waals surface area contributed by atoms with Crippen LogP contribution in [0.25, 0.3) is 0 Å². The first-order valence-corrected chi connectivity index (χ1v) is 10.7. The Morgan fingerprint density at radius 1 is 1.27 bits per heavy atom. The number of fused-ring (bicyclic) bond motifs is 1. The number of hydrogen-bond donors (Lipinski definition) is 2. The maximum Gasteiger partial charge on any atom is 0.191 e. The van der Waals surface area contributed by atoms with Crippen LogP contribution in [-0.2, 0) is 29.7 Å². The summed E-state index contributed by atoms with van der Waals surface area (Å²) in [6, 6.07) is 11.2. The van der Waals surface area contributed by atoms with Gasteiger partial charge in [-0.15, -0.1) is 24.0 Å². The van der Waals surface area contributed by atoms with Crippen molar-refractivity contribution in [3.8, 4) is 0 Å². The van der Waals surface area contributed by atoms with E-state index in [0.717, 1.165) is 43.5 Å². The molecule has 1 aliphatic heterocycles. The van der Waals surface area contributed by atoms with Crippen LogP contribution >= 0.6 is 24.0 Å². The van der Waals surface area contributed by atoms with Gasteiger partial charge >= 0.3 is 0 Å². The van der Waals surface area contributed by atoms with Gasteiger partial charge in [-0.25, -0.2) is 9.67 Å². The molecule has 2 heterocycles. The van der Waals surface area contributed by atoms with Crippen molar-refractivity contribution in [2.45, 2.75) is 63.1 Å². The van der Waals surface area contributed by atoms with Gasteiger partial charge in [-0.1, -0.05) is 43.2 Å².